The Kier molecular flexibility index (Phi) is 6.75. The highest BCUT2D eigenvalue weighted by Gasteiger charge is 2.27. The van der Waals surface area contributed by atoms with Crippen LogP contribution in [0.2, 0.25) is 0 Å². The van der Waals surface area contributed by atoms with E-state index >= 15 is 4.39 Å². The van der Waals surface area contributed by atoms with Crippen molar-refractivity contribution in [3.63, 3.8) is 0 Å². The average Bonchev–Trinajstić information content (AvgIpc) is 3.50. The Morgan fingerprint density at radius 3 is 2.56 bits per heavy atom. The highest BCUT2D eigenvalue weighted by molar-refractivity contribution is 7.18. The second kappa shape index (κ2) is 9.97. The van der Waals surface area contributed by atoms with Crippen molar-refractivity contribution in [2.45, 2.75) is 31.4 Å². The fourth-order valence-electron chi connectivity index (χ4n) is 4.89. The fraction of sp³-hybridized carbons (Fsp3) is 0.333. The van der Waals surface area contributed by atoms with Crippen LogP contribution in [-0.2, 0) is 0 Å². The maximum Gasteiger partial charge on any atom is 0.264 e. The molecule has 1 amide bonds. The summed E-state index contributed by atoms with van der Waals surface area (Å²) in [6.07, 6.45) is 1.89. The van der Waals surface area contributed by atoms with Crippen LogP contribution < -0.4 is 10.6 Å². The number of anilines is 1. The van der Waals surface area contributed by atoms with Crippen LogP contribution in [0.4, 0.5) is 20.2 Å². The second-order valence-corrected chi connectivity index (χ2v) is 10.4. The topological polar surface area (TPSA) is 74.2 Å². The number of aliphatic hydroxyl groups is 1. The van der Waals surface area contributed by atoms with E-state index in [9.17, 15) is 14.3 Å². The summed E-state index contributed by atoms with van der Waals surface area (Å²) in [5.74, 6) is -1.31. The number of carbonyl (C=O) groups excluding carboxylic acids is 1. The molecule has 186 valence electrons. The number of β-amino-alcohol motifs (C(OH)–C–C–N with tert-alkyl or cyclic N) is 1. The van der Waals surface area contributed by atoms with Gasteiger partial charge in [-0.25, -0.2) is 13.6 Å². The number of amides is 1. The molecule has 3 heterocycles. The van der Waals surface area contributed by atoms with Gasteiger partial charge in [0.25, 0.3) is 5.91 Å². The Balaban J connectivity index is 1.57. The Hall–Kier alpha value is -3.32. The van der Waals surface area contributed by atoms with Crippen LogP contribution in [0.5, 0.6) is 0 Å². The molecule has 6 nitrogen and oxygen atoms in total. The molecule has 3 N–H and O–H groups in total. The molecule has 0 aliphatic carbocycles. The maximum absolute atomic E-state index is 15.5. The molecule has 2 fully saturated rings. The lowest BCUT2D eigenvalue weighted by Gasteiger charge is -2.30. The minimum atomic E-state index is -0.669. The molecular weight excluding hydrogens is 482 g/mol. The number of carbonyl (C=O) groups is 1. The zero-order valence-electron chi connectivity index (χ0n) is 19.6. The molecule has 0 bridgehead atoms. The standard InChI is InChI=1S/C27H26F2N4O2S/c1-31-24-7-4-16(11-23(24)29)21-13-25(27(35)33-9-2-3-17(30)14-33)36-26(21)20-6-5-18(12-22(20)28)32-10-8-19(34)15-32/h4-7,11-13,17,19,34H,2-3,8-10,14-15,30H2/t17-,19-/m1/s1. The minimum Gasteiger partial charge on any atom is -0.391 e. The Morgan fingerprint density at radius 1 is 1.06 bits per heavy atom. The number of aliphatic hydroxyl groups excluding tert-OH is 1. The SMILES string of the molecule is [C-]#[N+]c1ccc(-c2cc(C(=O)N3CCC[C@@H](N)C3)sc2-c2ccc(N3CC[C@@H](O)C3)cc2F)cc1F. The minimum absolute atomic E-state index is 0.0778. The zero-order chi connectivity index (χ0) is 25.4. The van der Waals surface area contributed by atoms with E-state index in [1.807, 2.05) is 4.90 Å². The Morgan fingerprint density at radius 2 is 1.89 bits per heavy atom. The molecule has 2 atom stereocenters. The third-order valence-corrected chi connectivity index (χ3v) is 7.95. The van der Waals surface area contributed by atoms with Crippen molar-refractivity contribution in [1.82, 2.24) is 4.90 Å². The highest BCUT2D eigenvalue weighted by atomic mass is 32.1. The largest absolute Gasteiger partial charge is 0.391 e. The summed E-state index contributed by atoms with van der Waals surface area (Å²) in [5.41, 5.74) is 7.95. The van der Waals surface area contributed by atoms with E-state index in [0.29, 0.717) is 64.7 Å². The lowest BCUT2D eigenvalue weighted by molar-refractivity contribution is 0.0713. The van der Waals surface area contributed by atoms with Gasteiger partial charge in [-0.3, -0.25) is 4.79 Å². The first-order chi connectivity index (χ1) is 17.3. The maximum atomic E-state index is 15.5. The van der Waals surface area contributed by atoms with Crippen molar-refractivity contribution in [2.24, 2.45) is 5.73 Å². The molecule has 2 saturated heterocycles. The number of benzene rings is 2. The van der Waals surface area contributed by atoms with E-state index in [1.165, 1.54) is 29.5 Å². The molecule has 3 aromatic rings. The first kappa shape index (κ1) is 24.4. The van der Waals surface area contributed by atoms with Crippen LogP contribution >= 0.6 is 11.3 Å². The lowest BCUT2D eigenvalue weighted by Crippen LogP contribution is -2.45. The molecule has 0 saturated carbocycles. The number of hydrogen-bond donors (Lipinski definition) is 2. The Bertz CT molecular complexity index is 1350. The van der Waals surface area contributed by atoms with Crippen molar-refractivity contribution in [3.05, 3.63) is 70.4 Å². The number of likely N-dealkylation sites (tertiary alicyclic amines) is 1. The van der Waals surface area contributed by atoms with E-state index in [-0.39, 0.29) is 17.6 Å². The van der Waals surface area contributed by atoms with E-state index in [4.69, 9.17) is 12.3 Å². The summed E-state index contributed by atoms with van der Waals surface area (Å²) in [5, 5.41) is 9.84. The number of piperidine rings is 1. The van der Waals surface area contributed by atoms with Gasteiger partial charge in [-0.05, 0) is 55.2 Å². The summed E-state index contributed by atoms with van der Waals surface area (Å²) < 4.78 is 30.0. The fourth-order valence-corrected chi connectivity index (χ4v) is 6.06. The predicted octanol–water partition coefficient (Wildman–Crippen LogP) is 5.05. The van der Waals surface area contributed by atoms with Gasteiger partial charge >= 0.3 is 0 Å². The summed E-state index contributed by atoms with van der Waals surface area (Å²) in [6.45, 7) is 9.28. The van der Waals surface area contributed by atoms with Crippen LogP contribution in [-0.4, -0.2) is 54.2 Å². The predicted molar refractivity (Wildman–Crippen MR) is 137 cm³/mol. The lowest BCUT2D eigenvalue weighted by atomic mass is 10.0. The molecule has 0 radical (unpaired) electrons. The molecule has 9 heteroatoms. The normalized spacial score (nSPS) is 20.0. The van der Waals surface area contributed by atoms with Crippen molar-refractivity contribution < 1.29 is 18.7 Å². The van der Waals surface area contributed by atoms with E-state index in [1.54, 1.807) is 29.2 Å². The highest BCUT2D eigenvalue weighted by Crippen LogP contribution is 2.42. The monoisotopic (exact) mass is 508 g/mol. The first-order valence-corrected chi connectivity index (χ1v) is 12.7. The Labute approximate surface area is 212 Å². The average molecular weight is 509 g/mol. The zero-order valence-corrected chi connectivity index (χ0v) is 20.4. The number of rotatable bonds is 4. The smallest absolute Gasteiger partial charge is 0.264 e. The third kappa shape index (κ3) is 4.72. The number of thiophene rings is 1. The summed E-state index contributed by atoms with van der Waals surface area (Å²) >= 11 is 1.17. The quantitative estimate of drug-likeness (QED) is 0.484. The van der Waals surface area contributed by atoms with Gasteiger partial charge < -0.3 is 20.6 Å². The van der Waals surface area contributed by atoms with Crippen molar-refractivity contribution >= 4 is 28.6 Å². The van der Waals surface area contributed by atoms with Crippen LogP contribution in [0.25, 0.3) is 26.4 Å². The van der Waals surface area contributed by atoms with Crippen molar-refractivity contribution in [3.8, 4) is 21.6 Å². The van der Waals surface area contributed by atoms with Gasteiger partial charge in [-0.2, -0.15) is 0 Å². The summed E-state index contributed by atoms with van der Waals surface area (Å²) in [4.78, 5) is 21.1. The summed E-state index contributed by atoms with van der Waals surface area (Å²) in [7, 11) is 0. The van der Waals surface area contributed by atoms with Crippen LogP contribution in [0.3, 0.4) is 0 Å². The summed E-state index contributed by atoms with van der Waals surface area (Å²) in [6, 6.07) is 10.8. The molecule has 2 aliphatic heterocycles. The number of nitrogens with two attached hydrogens (primary N) is 1. The second-order valence-electron chi connectivity index (χ2n) is 9.34. The van der Waals surface area contributed by atoms with Crippen LogP contribution in [0.15, 0.2) is 42.5 Å². The molecule has 2 aromatic carbocycles. The molecule has 2 aliphatic rings. The molecular formula is C27H26F2N4O2S. The molecule has 5 rings (SSSR count). The van der Waals surface area contributed by atoms with Gasteiger partial charge in [-0.1, -0.05) is 12.1 Å². The van der Waals surface area contributed by atoms with Gasteiger partial charge in [0.1, 0.15) is 11.6 Å². The van der Waals surface area contributed by atoms with Gasteiger partial charge in [0.2, 0.25) is 5.69 Å². The number of nitrogens with zero attached hydrogens (tertiary/aromatic N) is 3. The first-order valence-electron chi connectivity index (χ1n) is 11.9. The van der Waals surface area contributed by atoms with Gasteiger partial charge in [0.05, 0.1) is 17.6 Å². The number of hydrogen-bond acceptors (Lipinski definition) is 5. The van der Waals surface area contributed by atoms with Crippen molar-refractivity contribution in [1.29, 1.82) is 0 Å². The van der Waals surface area contributed by atoms with Crippen LogP contribution in [0.1, 0.15) is 28.9 Å². The van der Waals surface area contributed by atoms with E-state index < -0.39 is 17.7 Å². The van der Waals surface area contributed by atoms with Crippen molar-refractivity contribution in [2.75, 3.05) is 31.1 Å². The van der Waals surface area contributed by atoms with Crippen LogP contribution in [0, 0.1) is 18.2 Å². The molecule has 0 spiro atoms. The molecule has 0 unspecified atom stereocenters. The van der Waals surface area contributed by atoms with Gasteiger partial charge in [0.15, 0.2) is 0 Å². The molecule has 36 heavy (non-hydrogen) atoms. The van der Waals surface area contributed by atoms with Gasteiger partial charge in [-0.15, -0.1) is 11.3 Å². The number of halogens is 2. The van der Waals surface area contributed by atoms with E-state index in [0.717, 1.165) is 12.8 Å². The molecule has 1 aromatic heterocycles. The van der Waals surface area contributed by atoms with E-state index in [2.05, 4.69) is 4.85 Å². The van der Waals surface area contributed by atoms with Gasteiger partial charge in [0, 0.05) is 53.9 Å². The third-order valence-electron chi connectivity index (χ3n) is 6.79.